The minimum Gasteiger partial charge on any atom is -0.493 e. The van der Waals surface area contributed by atoms with Gasteiger partial charge in [-0.05, 0) is 30.7 Å². The van der Waals surface area contributed by atoms with E-state index in [2.05, 4.69) is 27.7 Å². The topological polar surface area (TPSA) is 72.1 Å². The first-order chi connectivity index (χ1) is 9.80. The highest BCUT2D eigenvalue weighted by atomic mass is 16.5. The Labute approximate surface area is 118 Å². The van der Waals surface area contributed by atoms with Gasteiger partial charge in [0.2, 0.25) is 0 Å². The van der Waals surface area contributed by atoms with E-state index >= 15 is 0 Å². The monoisotopic (exact) mass is 276 g/mol. The lowest BCUT2D eigenvalue weighted by Crippen LogP contribution is -2.23. The molecule has 1 unspecified atom stereocenters. The van der Waals surface area contributed by atoms with E-state index in [0.29, 0.717) is 11.5 Å². The molecule has 1 atom stereocenters. The lowest BCUT2D eigenvalue weighted by Gasteiger charge is -2.18. The molecule has 0 saturated heterocycles. The number of aromatic nitrogens is 3. The molecule has 2 aromatic rings. The highest BCUT2D eigenvalue weighted by Crippen LogP contribution is 2.31. The summed E-state index contributed by atoms with van der Waals surface area (Å²) in [6.07, 6.45) is 2.77. The van der Waals surface area contributed by atoms with Crippen molar-refractivity contribution in [1.29, 1.82) is 0 Å². The Morgan fingerprint density at radius 2 is 2.05 bits per heavy atom. The number of methoxy groups -OCH3 is 2. The van der Waals surface area contributed by atoms with Crippen LogP contribution in [-0.2, 0) is 0 Å². The first kappa shape index (κ1) is 14.3. The van der Waals surface area contributed by atoms with Gasteiger partial charge in [0.05, 0.1) is 26.5 Å². The molecule has 0 amide bonds. The minimum atomic E-state index is -0.0199. The minimum absolute atomic E-state index is 0.0199. The van der Waals surface area contributed by atoms with Crippen LogP contribution in [0.5, 0.6) is 11.5 Å². The van der Waals surface area contributed by atoms with Gasteiger partial charge in [-0.1, -0.05) is 13.0 Å². The lowest BCUT2D eigenvalue weighted by atomic mass is 10.0. The number of rotatable bonds is 7. The second-order valence-electron chi connectivity index (χ2n) is 4.40. The van der Waals surface area contributed by atoms with Gasteiger partial charge in [0.1, 0.15) is 5.69 Å². The predicted octanol–water partition coefficient (Wildman–Crippen LogP) is 1.91. The third-order valence-electron chi connectivity index (χ3n) is 3.07. The lowest BCUT2D eigenvalue weighted by molar-refractivity contribution is 0.354. The van der Waals surface area contributed by atoms with Crippen molar-refractivity contribution in [1.82, 2.24) is 20.7 Å². The molecule has 0 aliphatic heterocycles. The molecule has 1 aromatic heterocycles. The molecule has 2 N–H and O–H groups in total. The fourth-order valence-corrected chi connectivity index (χ4v) is 2.06. The van der Waals surface area contributed by atoms with E-state index in [-0.39, 0.29) is 6.04 Å². The maximum Gasteiger partial charge on any atom is 0.161 e. The summed E-state index contributed by atoms with van der Waals surface area (Å²) in [5.41, 5.74) is 1.91. The molecule has 20 heavy (non-hydrogen) atoms. The van der Waals surface area contributed by atoms with Crippen LogP contribution in [0, 0.1) is 0 Å². The quantitative estimate of drug-likeness (QED) is 0.808. The van der Waals surface area contributed by atoms with Crippen molar-refractivity contribution in [3.8, 4) is 11.5 Å². The molecule has 0 aliphatic carbocycles. The van der Waals surface area contributed by atoms with E-state index in [0.717, 1.165) is 24.2 Å². The zero-order chi connectivity index (χ0) is 14.4. The second kappa shape index (κ2) is 6.91. The average Bonchev–Trinajstić information content (AvgIpc) is 3.01. The molecule has 2 rings (SSSR count). The number of aromatic amines is 1. The molecular weight excluding hydrogens is 256 g/mol. The van der Waals surface area contributed by atoms with E-state index in [4.69, 9.17) is 9.47 Å². The first-order valence-corrected chi connectivity index (χ1v) is 6.61. The fraction of sp³-hybridized carbons (Fsp3) is 0.429. The SMILES string of the molecule is CCCNC(c1ccc(OC)c(OC)c1)c1cn[nH]n1. The largest absolute Gasteiger partial charge is 0.493 e. The summed E-state index contributed by atoms with van der Waals surface area (Å²) in [6, 6.07) is 5.84. The Hall–Kier alpha value is -2.08. The van der Waals surface area contributed by atoms with Crippen LogP contribution >= 0.6 is 0 Å². The van der Waals surface area contributed by atoms with Gasteiger partial charge >= 0.3 is 0 Å². The van der Waals surface area contributed by atoms with Crippen molar-refractivity contribution in [3.05, 3.63) is 35.7 Å². The Morgan fingerprint density at radius 3 is 2.65 bits per heavy atom. The van der Waals surface area contributed by atoms with E-state index in [1.165, 1.54) is 0 Å². The Morgan fingerprint density at radius 1 is 1.25 bits per heavy atom. The molecule has 0 bridgehead atoms. The normalized spacial score (nSPS) is 12.2. The second-order valence-corrected chi connectivity index (χ2v) is 4.40. The van der Waals surface area contributed by atoms with E-state index in [1.54, 1.807) is 20.4 Å². The van der Waals surface area contributed by atoms with Gasteiger partial charge in [0.25, 0.3) is 0 Å². The van der Waals surface area contributed by atoms with Gasteiger partial charge in [0, 0.05) is 0 Å². The van der Waals surface area contributed by atoms with Crippen LogP contribution in [-0.4, -0.2) is 36.2 Å². The van der Waals surface area contributed by atoms with E-state index < -0.39 is 0 Å². The molecule has 6 heteroatoms. The molecule has 0 aliphatic rings. The third-order valence-corrected chi connectivity index (χ3v) is 3.07. The van der Waals surface area contributed by atoms with E-state index in [9.17, 15) is 0 Å². The first-order valence-electron chi connectivity index (χ1n) is 6.61. The summed E-state index contributed by atoms with van der Waals surface area (Å²) >= 11 is 0. The summed E-state index contributed by atoms with van der Waals surface area (Å²) in [5.74, 6) is 1.42. The van der Waals surface area contributed by atoms with Crippen LogP contribution < -0.4 is 14.8 Å². The van der Waals surface area contributed by atoms with Crippen LogP contribution in [0.3, 0.4) is 0 Å². The average molecular weight is 276 g/mol. The van der Waals surface area contributed by atoms with Crippen molar-refractivity contribution in [2.75, 3.05) is 20.8 Å². The number of nitrogens with zero attached hydrogens (tertiary/aromatic N) is 2. The van der Waals surface area contributed by atoms with Crippen LogP contribution in [0.25, 0.3) is 0 Å². The zero-order valence-electron chi connectivity index (χ0n) is 12.0. The number of nitrogens with one attached hydrogen (secondary N) is 2. The molecule has 0 saturated carbocycles. The van der Waals surface area contributed by atoms with Crippen molar-refractivity contribution >= 4 is 0 Å². The summed E-state index contributed by atoms with van der Waals surface area (Å²) in [6.45, 7) is 3.02. The molecule has 1 aromatic carbocycles. The zero-order valence-corrected chi connectivity index (χ0v) is 12.0. The summed E-state index contributed by atoms with van der Waals surface area (Å²) < 4.78 is 10.6. The molecule has 6 nitrogen and oxygen atoms in total. The Bertz CT molecular complexity index is 528. The number of H-pyrrole nitrogens is 1. The summed E-state index contributed by atoms with van der Waals surface area (Å²) in [4.78, 5) is 0. The number of ether oxygens (including phenoxy) is 2. The van der Waals surface area contributed by atoms with Crippen LogP contribution in [0.2, 0.25) is 0 Å². The summed E-state index contributed by atoms with van der Waals surface area (Å²) in [7, 11) is 3.26. The molecule has 0 spiro atoms. The Kier molecular flexibility index (Phi) is 4.95. The van der Waals surface area contributed by atoms with Gasteiger partial charge < -0.3 is 14.8 Å². The van der Waals surface area contributed by atoms with Crippen molar-refractivity contribution in [2.24, 2.45) is 0 Å². The van der Waals surface area contributed by atoms with Gasteiger partial charge in [-0.15, -0.1) is 0 Å². The van der Waals surface area contributed by atoms with Crippen LogP contribution in [0.1, 0.15) is 30.6 Å². The highest BCUT2D eigenvalue weighted by molar-refractivity contribution is 5.45. The maximum atomic E-state index is 5.35. The Balaban J connectivity index is 2.33. The number of benzene rings is 1. The van der Waals surface area contributed by atoms with Crippen molar-refractivity contribution < 1.29 is 9.47 Å². The fourth-order valence-electron chi connectivity index (χ4n) is 2.06. The van der Waals surface area contributed by atoms with Crippen LogP contribution in [0.15, 0.2) is 24.4 Å². The van der Waals surface area contributed by atoms with Crippen LogP contribution in [0.4, 0.5) is 0 Å². The molecular formula is C14H20N4O2. The molecule has 0 radical (unpaired) electrons. The predicted molar refractivity (Wildman–Crippen MR) is 76.1 cm³/mol. The number of hydrogen-bond donors (Lipinski definition) is 2. The van der Waals surface area contributed by atoms with Gasteiger partial charge in [0.15, 0.2) is 11.5 Å². The summed E-state index contributed by atoms with van der Waals surface area (Å²) in [5, 5.41) is 14.2. The molecule has 108 valence electrons. The number of hydrogen-bond acceptors (Lipinski definition) is 5. The van der Waals surface area contributed by atoms with Crippen molar-refractivity contribution in [2.45, 2.75) is 19.4 Å². The van der Waals surface area contributed by atoms with Gasteiger partial charge in [-0.3, -0.25) is 0 Å². The van der Waals surface area contributed by atoms with Crippen molar-refractivity contribution in [3.63, 3.8) is 0 Å². The third kappa shape index (κ3) is 3.08. The highest BCUT2D eigenvalue weighted by Gasteiger charge is 2.18. The molecule has 1 heterocycles. The smallest absolute Gasteiger partial charge is 0.161 e. The maximum absolute atomic E-state index is 5.35. The van der Waals surface area contributed by atoms with E-state index in [1.807, 2.05) is 18.2 Å². The molecule has 0 fully saturated rings. The van der Waals surface area contributed by atoms with Gasteiger partial charge in [-0.25, -0.2) is 0 Å². The van der Waals surface area contributed by atoms with Gasteiger partial charge in [-0.2, -0.15) is 15.4 Å². The standard InChI is InChI=1S/C14H20N4O2/c1-4-7-15-14(11-9-16-18-17-11)10-5-6-12(19-2)13(8-10)20-3/h5-6,8-9,14-15H,4,7H2,1-3H3,(H,16,17,18).